The standard InChI is InChI=1S/C19H20N2O2S.C2HF3O2/c1-21-14-3-4-15(21)10-16(9-14)23-19-20-11-18(24-19)13-2-5-17-12(8-13)6-7-22-17;3-2(4,5)1(6)7/h2,5-8,11,14-16H,3-4,9-10H2,1H3;(H,6,7). The number of hydrogen-bond acceptors (Lipinski definition) is 6. The molecular weight excluding hydrogens is 433 g/mol. The third-order valence-corrected chi connectivity index (χ3v) is 6.72. The zero-order valence-electron chi connectivity index (χ0n) is 16.6. The third kappa shape index (κ3) is 4.85. The van der Waals surface area contributed by atoms with Crippen LogP contribution in [0.25, 0.3) is 21.4 Å². The van der Waals surface area contributed by atoms with Gasteiger partial charge in [-0.25, -0.2) is 9.78 Å². The van der Waals surface area contributed by atoms with Crippen LogP contribution in [-0.2, 0) is 4.79 Å². The number of benzene rings is 1. The van der Waals surface area contributed by atoms with Crippen LogP contribution in [0.5, 0.6) is 5.19 Å². The Bertz CT molecular complexity index is 1050. The topological polar surface area (TPSA) is 75.8 Å². The van der Waals surface area contributed by atoms with E-state index < -0.39 is 12.1 Å². The number of nitrogens with zero attached hydrogens (tertiary/aromatic N) is 2. The summed E-state index contributed by atoms with van der Waals surface area (Å²) in [4.78, 5) is 17.1. The molecule has 1 N–H and O–H groups in total. The number of aliphatic carboxylic acids is 1. The van der Waals surface area contributed by atoms with E-state index in [1.807, 2.05) is 18.3 Å². The number of carboxylic acids is 1. The zero-order valence-corrected chi connectivity index (χ0v) is 17.4. The summed E-state index contributed by atoms with van der Waals surface area (Å²) in [6.07, 6.45) is 3.76. The van der Waals surface area contributed by atoms with E-state index in [-0.39, 0.29) is 0 Å². The minimum atomic E-state index is -5.08. The first-order valence-electron chi connectivity index (χ1n) is 9.83. The van der Waals surface area contributed by atoms with Crippen LogP contribution < -0.4 is 4.74 Å². The van der Waals surface area contributed by atoms with Gasteiger partial charge in [0.15, 0.2) is 0 Å². The number of aromatic nitrogens is 1. The first-order chi connectivity index (χ1) is 14.7. The third-order valence-electron chi connectivity index (χ3n) is 5.79. The monoisotopic (exact) mass is 454 g/mol. The molecule has 1 aromatic carbocycles. The van der Waals surface area contributed by atoms with Gasteiger partial charge in [-0.2, -0.15) is 13.2 Å². The van der Waals surface area contributed by atoms with Gasteiger partial charge in [-0.05, 0) is 62.6 Å². The predicted molar refractivity (Wildman–Crippen MR) is 109 cm³/mol. The summed E-state index contributed by atoms with van der Waals surface area (Å²) in [5.74, 6) is -2.76. The predicted octanol–water partition coefficient (Wildman–Crippen LogP) is 5.19. The van der Waals surface area contributed by atoms with E-state index in [0.717, 1.165) is 33.9 Å². The minimum Gasteiger partial charge on any atom is -0.475 e. The Morgan fingerprint density at radius 1 is 1.26 bits per heavy atom. The summed E-state index contributed by atoms with van der Waals surface area (Å²) in [5, 5.41) is 9.04. The van der Waals surface area contributed by atoms with Gasteiger partial charge < -0.3 is 19.2 Å². The summed E-state index contributed by atoms with van der Waals surface area (Å²) >= 11 is 1.64. The van der Waals surface area contributed by atoms with E-state index in [1.165, 1.54) is 18.4 Å². The number of thiazole rings is 1. The number of carbonyl (C=O) groups is 1. The Labute approximate surface area is 180 Å². The molecule has 2 unspecified atom stereocenters. The lowest BCUT2D eigenvalue weighted by Gasteiger charge is -2.35. The molecule has 3 aromatic rings. The van der Waals surface area contributed by atoms with Crippen molar-refractivity contribution in [2.75, 3.05) is 7.05 Å². The van der Waals surface area contributed by atoms with Crippen molar-refractivity contribution in [3.8, 4) is 15.6 Å². The molecule has 2 atom stereocenters. The summed E-state index contributed by atoms with van der Waals surface area (Å²) in [6, 6.07) is 9.61. The molecule has 2 bridgehead atoms. The molecule has 0 aliphatic carbocycles. The van der Waals surface area contributed by atoms with Crippen LogP contribution in [0.4, 0.5) is 13.2 Å². The summed E-state index contributed by atoms with van der Waals surface area (Å²) in [5.41, 5.74) is 2.08. The van der Waals surface area contributed by atoms with Crippen molar-refractivity contribution in [2.24, 2.45) is 0 Å². The number of furan rings is 1. The molecule has 10 heteroatoms. The number of halogens is 3. The van der Waals surface area contributed by atoms with E-state index in [9.17, 15) is 13.2 Å². The molecule has 166 valence electrons. The first-order valence-corrected chi connectivity index (χ1v) is 10.6. The summed E-state index contributed by atoms with van der Waals surface area (Å²) < 4.78 is 43.4. The van der Waals surface area contributed by atoms with Crippen LogP contribution in [0.3, 0.4) is 0 Å². The minimum absolute atomic E-state index is 0.314. The second-order valence-corrected chi connectivity index (χ2v) is 8.72. The average Bonchev–Trinajstić information content (AvgIpc) is 3.40. The highest BCUT2D eigenvalue weighted by Gasteiger charge is 2.39. The fraction of sp³-hybridized carbons (Fsp3) is 0.429. The maximum Gasteiger partial charge on any atom is 0.490 e. The van der Waals surface area contributed by atoms with Gasteiger partial charge in [-0.15, -0.1) is 0 Å². The first kappa shape index (κ1) is 21.6. The van der Waals surface area contributed by atoms with Crippen molar-refractivity contribution in [2.45, 2.75) is 50.0 Å². The van der Waals surface area contributed by atoms with E-state index in [4.69, 9.17) is 19.1 Å². The van der Waals surface area contributed by atoms with Crippen molar-refractivity contribution in [1.29, 1.82) is 0 Å². The van der Waals surface area contributed by atoms with Crippen molar-refractivity contribution < 1.29 is 32.2 Å². The van der Waals surface area contributed by atoms with Gasteiger partial charge in [0.25, 0.3) is 5.19 Å². The van der Waals surface area contributed by atoms with Crippen molar-refractivity contribution in [3.05, 3.63) is 36.7 Å². The van der Waals surface area contributed by atoms with E-state index in [2.05, 4.69) is 29.1 Å². The Balaban J connectivity index is 0.000000289. The summed E-state index contributed by atoms with van der Waals surface area (Å²) in [6.45, 7) is 0. The van der Waals surface area contributed by atoms with Crippen LogP contribution in [0, 0.1) is 0 Å². The van der Waals surface area contributed by atoms with Gasteiger partial charge >= 0.3 is 12.1 Å². The lowest BCUT2D eigenvalue weighted by Crippen LogP contribution is -2.43. The van der Waals surface area contributed by atoms with Gasteiger partial charge in [-0.3, -0.25) is 0 Å². The molecule has 4 heterocycles. The largest absolute Gasteiger partial charge is 0.490 e. The molecule has 2 aromatic heterocycles. The lowest BCUT2D eigenvalue weighted by atomic mass is 10.0. The zero-order chi connectivity index (χ0) is 22.2. The molecule has 0 amide bonds. The fourth-order valence-electron chi connectivity index (χ4n) is 4.17. The Hall–Kier alpha value is -2.59. The highest BCUT2D eigenvalue weighted by Crippen LogP contribution is 2.38. The average molecular weight is 454 g/mol. The second-order valence-electron chi connectivity index (χ2n) is 7.73. The van der Waals surface area contributed by atoms with Crippen LogP contribution >= 0.6 is 11.3 Å². The molecule has 2 aliphatic rings. The van der Waals surface area contributed by atoms with Gasteiger partial charge in [0.2, 0.25) is 0 Å². The molecule has 0 saturated carbocycles. The number of fused-ring (bicyclic) bond motifs is 3. The molecule has 2 saturated heterocycles. The normalized spacial score (nSPS) is 23.4. The summed E-state index contributed by atoms with van der Waals surface area (Å²) in [7, 11) is 2.26. The molecule has 2 aliphatic heterocycles. The number of piperidine rings is 1. The molecule has 2 fully saturated rings. The Morgan fingerprint density at radius 3 is 2.58 bits per heavy atom. The molecule has 6 nitrogen and oxygen atoms in total. The number of alkyl halides is 3. The fourth-order valence-corrected chi connectivity index (χ4v) is 4.99. The Kier molecular flexibility index (Phi) is 5.94. The molecule has 31 heavy (non-hydrogen) atoms. The quantitative estimate of drug-likeness (QED) is 0.587. The molecule has 5 rings (SSSR count). The smallest absolute Gasteiger partial charge is 0.475 e. The van der Waals surface area contributed by atoms with Crippen molar-refractivity contribution in [1.82, 2.24) is 9.88 Å². The van der Waals surface area contributed by atoms with Crippen molar-refractivity contribution >= 4 is 28.3 Å². The lowest BCUT2D eigenvalue weighted by molar-refractivity contribution is -0.192. The van der Waals surface area contributed by atoms with E-state index in [1.54, 1.807) is 17.6 Å². The molecular formula is C21H21F3N2O4S. The maximum atomic E-state index is 10.6. The van der Waals surface area contributed by atoms with Crippen molar-refractivity contribution in [3.63, 3.8) is 0 Å². The number of ether oxygens (including phenoxy) is 1. The molecule has 0 radical (unpaired) electrons. The highest BCUT2D eigenvalue weighted by molar-refractivity contribution is 7.16. The Morgan fingerprint density at radius 2 is 1.94 bits per heavy atom. The number of hydrogen-bond donors (Lipinski definition) is 1. The SMILES string of the molecule is CN1C2CCC1CC(Oc1ncc(-c3ccc4occc4c3)s1)C2.O=C(O)C(F)(F)F. The highest BCUT2D eigenvalue weighted by atomic mass is 32.1. The van der Waals surface area contributed by atoms with Gasteiger partial charge in [0.1, 0.15) is 11.7 Å². The van der Waals surface area contributed by atoms with Crippen LogP contribution in [0.15, 0.2) is 41.1 Å². The molecule has 0 spiro atoms. The van der Waals surface area contributed by atoms with E-state index in [0.29, 0.717) is 18.2 Å². The van der Waals surface area contributed by atoms with Gasteiger partial charge in [0, 0.05) is 23.7 Å². The second kappa shape index (κ2) is 8.51. The van der Waals surface area contributed by atoms with Crippen LogP contribution in [0.1, 0.15) is 25.7 Å². The van der Waals surface area contributed by atoms with Gasteiger partial charge in [-0.1, -0.05) is 11.3 Å². The van der Waals surface area contributed by atoms with E-state index >= 15 is 0 Å². The van der Waals surface area contributed by atoms with Crippen LogP contribution in [0.2, 0.25) is 0 Å². The van der Waals surface area contributed by atoms with Crippen LogP contribution in [-0.4, -0.2) is 52.4 Å². The number of carboxylic acid groups (broad SMARTS) is 1. The van der Waals surface area contributed by atoms with Gasteiger partial charge in [0.05, 0.1) is 11.1 Å². The number of rotatable bonds is 3. The maximum absolute atomic E-state index is 10.6.